The van der Waals surface area contributed by atoms with E-state index in [1.165, 1.54) is 6.92 Å². The molecular weight excluding hydrogens is 150 g/mol. The van der Waals surface area contributed by atoms with Crippen LogP contribution in [0.4, 0.5) is 0 Å². The van der Waals surface area contributed by atoms with Gasteiger partial charge < -0.3 is 15.7 Å². The maximum Gasteiger partial charge on any atom is 0.206 e. The van der Waals surface area contributed by atoms with Gasteiger partial charge in [0.2, 0.25) is 6.54 Å². The molecule has 0 aromatic rings. The van der Waals surface area contributed by atoms with Crippen molar-refractivity contribution < 1.29 is 14.9 Å². The number of hydroxylamine groups is 1. The highest BCUT2D eigenvalue weighted by Gasteiger charge is 2.16. The van der Waals surface area contributed by atoms with Crippen molar-refractivity contribution in [3.63, 3.8) is 0 Å². The number of ketones is 1. The highest BCUT2D eigenvalue weighted by atomic mass is 16.6. The van der Waals surface area contributed by atoms with Crippen LogP contribution in [-0.2, 0) is 4.79 Å². The van der Waals surface area contributed by atoms with Crippen LogP contribution >= 0.6 is 0 Å². The maximum atomic E-state index is 10.7. The minimum atomic E-state index is -0.580. The molecular formula is C5H11N3O3. The Morgan fingerprint density at radius 2 is 2.45 bits per heavy atom. The number of nitrogens with one attached hydrogen (secondary N) is 1. The lowest BCUT2D eigenvalue weighted by molar-refractivity contribution is -0.556. The van der Waals surface area contributed by atoms with E-state index in [2.05, 4.69) is 10.6 Å². The van der Waals surface area contributed by atoms with Crippen molar-refractivity contribution in [2.45, 2.75) is 13.0 Å². The van der Waals surface area contributed by atoms with Crippen LogP contribution in [0.15, 0.2) is 5.28 Å². The maximum absolute atomic E-state index is 10.7. The molecule has 64 valence electrons. The number of nitrogens with zero attached hydrogens (tertiary/aromatic N) is 2. The van der Waals surface area contributed by atoms with Gasteiger partial charge in [-0.15, -0.1) is 0 Å². The van der Waals surface area contributed by atoms with Gasteiger partial charge in [-0.05, 0) is 14.0 Å². The predicted octanol–water partition coefficient (Wildman–Crippen LogP) is -0.485. The summed E-state index contributed by atoms with van der Waals surface area (Å²) in [6.45, 7) is 1.18. The molecule has 1 atom stereocenters. The minimum Gasteiger partial charge on any atom is -0.597 e. The fourth-order valence-electron chi connectivity index (χ4n) is 0.616. The monoisotopic (exact) mass is 161 g/mol. The van der Waals surface area contributed by atoms with Crippen molar-refractivity contribution in [1.29, 1.82) is 0 Å². The molecule has 0 aromatic heterocycles. The third kappa shape index (κ3) is 3.51. The second-order valence-corrected chi connectivity index (χ2v) is 2.08. The molecule has 0 amide bonds. The fourth-order valence-corrected chi connectivity index (χ4v) is 0.616. The molecule has 0 aromatic carbocycles. The highest BCUT2D eigenvalue weighted by molar-refractivity contribution is 5.81. The number of carbonyl (C=O) groups excluding carboxylic acids is 1. The Morgan fingerprint density at radius 3 is 2.73 bits per heavy atom. The number of carbonyl (C=O) groups is 1. The van der Waals surface area contributed by atoms with E-state index >= 15 is 0 Å². The van der Waals surface area contributed by atoms with E-state index in [1.54, 1.807) is 7.05 Å². The van der Waals surface area contributed by atoms with Gasteiger partial charge in [0.05, 0.1) is 0 Å². The van der Waals surface area contributed by atoms with E-state index in [1.807, 2.05) is 0 Å². The van der Waals surface area contributed by atoms with Gasteiger partial charge in [-0.25, -0.2) is 0 Å². The Kier molecular flexibility index (Phi) is 4.12. The molecule has 1 unspecified atom stereocenters. The summed E-state index contributed by atoms with van der Waals surface area (Å²) in [6.07, 6.45) is 0. The predicted molar refractivity (Wildman–Crippen MR) is 36.2 cm³/mol. The summed E-state index contributed by atoms with van der Waals surface area (Å²) < 4.78 is 0. The average molecular weight is 161 g/mol. The van der Waals surface area contributed by atoms with Gasteiger partial charge in [0.15, 0.2) is 11.1 Å². The molecule has 0 spiro atoms. The largest absolute Gasteiger partial charge is 0.597 e. The van der Waals surface area contributed by atoms with Crippen LogP contribution in [0.5, 0.6) is 0 Å². The summed E-state index contributed by atoms with van der Waals surface area (Å²) in [5.74, 6) is -0.169. The molecule has 0 aliphatic rings. The molecule has 0 heterocycles. The molecule has 0 fully saturated rings. The molecule has 2 N–H and O–H groups in total. The lowest BCUT2D eigenvalue weighted by Crippen LogP contribution is -2.38. The van der Waals surface area contributed by atoms with Gasteiger partial charge in [0, 0.05) is 0 Å². The summed E-state index contributed by atoms with van der Waals surface area (Å²) in [5.41, 5.74) is 0. The third-order valence-electron chi connectivity index (χ3n) is 1.28. The summed E-state index contributed by atoms with van der Waals surface area (Å²) in [5, 5.41) is 23.3. The van der Waals surface area contributed by atoms with Crippen LogP contribution < -0.4 is 5.32 Å². The zero-order valence-electron chi connectivity index (χ0n) is 6.44. The van der Waals surface area contributed by atoms with Crippen molar-refractivity contribution in [3.05, 3.63) is 5.21 Å². The average Bonchev–Trinajstić information content (AvgIpc) is 1.99. The van der Waals surface area contributed by atoms with Crippen molar-refractivity contribution in [1.82, 2.24) is 5.32 Å². The lowest BCUT2D eigenvalue weighted by atomic mass is 10.2. The van der Waals surface area contributed by atoms with E-state index in [9.17, 15) is 10.0 Å². The molecule has 0 radical (unpaired) electrons. The fraction of sp³-hybridized carbons (Fsp3) is 0.800. The molecule has 0 aliphatic carbocycles. The van der Waals surface area contributed by atoms with Gasteiger partial charge in [-0.2, -0.15) is 0 Å². The smallest absolute Gasteiger partial charge is 0.206 e. The lowest BCUT2D eigenvalue weighted by Gasteiger charge is -2.08. The normalized spacial score (nSPS) is 14.5. The van der Waals surface area contributed by atoms with Crippen molar-refractivity contribution in [2.75, 3.05) is 13.6 Å². The Labute approximate surface area is 64.1 Å². The van der Waals surface area contributed by atoms with Gasteiger partial charge >= 0.3 is 0 Å². The third-order valence-corrected chi connectivity index (χ3v) is 1.28. The second-order valence-electron chi connectivity index (χ2n) is 2.08. The SMILES string of the molecule is CNC(C/[N+]([O-])=N/O)C(C)=O. The summed E-state index contributed by atoms with van der Waals surface area (Å²) >= 11 is 0. The van der Waals surface area contributed by atoms with E-state index in [4.69, 9.17) is 5.21 Å². The van der Waals surface area contributed by atoms with E-state index in [0.29, 0.717) is 0 Å². The number of hydrogen-bond acceptors (Lipinski definition) is 4. The van der Waals surface area contributed by atoms with E-state index < -0.39 is 6.04 Å². The number of rotatable bonds is 4. The standard InChI is InChI=1S/C5H11N3O3/c1-4(9)5(6-2)3-8(11)7-10/h5-6,10H,3H2,1-2H3/b8-7-. The van der Waals surface area contributed by atoms with Crippen LogP contribution in [-0.4, -0.2) is 35.5 Å². The van der Waals surface area contributed by atoms with Gasteiger partial charge in [0.25, 0.3) is 0 Å². The van der Waals surface area contributed by atoms with Crippen LogP contribution in [0, 0.1) is 5.21 Å². The highest BCUT2D eigenvalue weighted by Crippen LogP contribution is 1.86. The summed E-state index contributed by atoms with van der Waals surface area (Å²) in [6, 6.07) is -0.580. The second kappa shape index (κ2) is 4.62. The molecule has 0 rings (SSSR count). The van der Waals surface area contributed by atoms with Crippen LogP contribution in [0.3, 0.4) is 0 Å². The van der Waals surface area contributed by atoms with Gasteiger partial charge in [-0.1, -0.05) is 4.86 Å². The number of Topliss-reactive ketones (excluding diaryl/α,β-unsaturated/α-hetero) is 1. The molecule has 0 aliphatic heterocycles. The Hall–Kier alpha value is -1.17. The van der Waals surface area contributed by atoms with E-state index in [0.717, 1.165) is 0 Å². The van der Waals surface area contributed by atoms with Crippen molar-refractivity contribution >= 4 is 5.78 Å². The van der Waals surface area contributed by atoms with Crippen LogP contribution in [0.25, 0.3) is 0 Å². The first-order chi connectivity index (χ1) is 5.11. The summed E-state index contributed by atoms with van der Waals surface area (Å²) in [7, 11) is 1.55. The van der Waals surface area contributed by atoms with E-state index in [-0.39, 0.29) is 17.2 Å². The zero-order chi connectivity index (χ0) is 8.85. The Morgan fingerprint density at radius 1 is 1.91 bits per heavy atom. The van der Waals surface area contributed by atoms with Gasteiger partial charge in [0.1, 0.15) is 6.04 Å². The molecule has 0 saturated carbocycles. The van der Waals surface area contributed by atoms with Gasteiger partial charge in [-0.3, -0.25) is 4.79 Å². The zero-order valence-corrected chi connectivity index (χ0v) is 6.44. The molecule has 0 bridgehead atoms. The van der Waals surface area contributed by atoms with Crippen molar-refractivity contribution in [3.8, 4) is 0 Å². The Bertz CT molecular complexity index is 168. The molecule has 11 heavy (non-hydrogen) atoms. The Balaban J connectivity index is 3.98. The quantitative estimate of drug-likeness (QED) is 0.331. The van der Waals surface area contributed by atoms with Crippen molar-refractivity contribution in [2.24, 2.45) is 5.28 Å². The molecule has 6 nitrogen and oxygen atoms in total. The first-order valence-corrected chi connectivity index (χ1v) is 3.09. The number of likely N-dealkylation sites (N-methyl/N-ethyl adjacent to an activating group) is 1. The number of hydrogen-bond donors (Lipinski definition) is 2. The topological polar surface area (TPSA) is 87.8 Å². The van der Waals surface area contributed by atoms with Crippen LogP contribution in [0.2, 0.25) is 0 Å². The first kappa shape index (κ1) is 9.83. The first-order valence-electron chi connectivity index (χ1n) is 3.09. The minimum absolute atomic E-state index is 0.0442. The summed E-state index contributed by atoms with van der Waals surface area (Å²) in [4.78, 5) is 10.7. The molecule has 0 saturated heterocycles. The van der Waals surface area contributed by atoms with Crippen LogP contribution in [0.1, 0.15) is 6.92 Å². The molecule has 6 heteroatoms.